The van der Waals surface area contributed by atoms with E-state index in [0.29, 0.717) is 17.5 Å². The quantitative estimate of drug-likeness (QED) is 0.161. The SMILES string of the molecule is c1ccc(-c2cc(-c3ccccc3)cc(-n3c4ccccc4c4ccc(-c5nc(-c6ccccc6)nc(-c6ccc7c(c6)oc6cc(-c8ccccc8)ccc67)n5)cc43)c2)cc1. The molecule has 0 amide bonds. The van der Waals surface area contributed by atoms with Crippen molar-refractivity contribution in [3.8, 4) is 73.2 Å². The number of furan rings is 1. The number of hydrogen-bond donors (Lipinski definition) is 0. The summed E-state index contributed by atoms with van der Waals surface area (Å²) < 4.78 is 8.92. The molecule has 0 fully saturated rings. The molecule has 0 unspecified atom stereocenters. The maximum atomic E-state index is 6.54. The fourth-order valence-electron chi connectivity index (χ4n) is 8.80. The number of nitrogens with zero attached hydrogens (tertiary/aromatic N) is 4. The molecule has 0 N–H and O–H groups in total. The highest BCUT2D eigenvalue weighted by atomic mass is 16.3. The summed E-state index contributed by atoms with van der Waals surface area (Å²) in [7, 11) is 0. The largest absolute Gasteiger partial charge is 0.456 e. The monoisotopic (exact) mass is 792 g/mol. The van der Waals surface area contributed by atoms with E-state index < -0.39 is 0 Å². The van der Waals surface area contributed by atoms with Gasteiger partial charge < -0.3 is 8.98 Å². The molecule has 0 aliphatic carbocycles. The van der Waals surface area contributed by atoms with Gasteiger partial charge in [-0.05, 0) is 88.0 Å². The number of hydrogen-bond acceptors (Lipinski definition) is 4. The molecule has 290 valence electrons. The average Bonchev–Trinajstić information content (AvgIpc) is 3.89. The van der Waals surface area contributed by atoms with Crippen LogP contribution < -0.4 is 0 Å². The summed E-state index contributed by atoms with van der Waals surface area (Å²) in [6.07, 6.45) is 0. The summed E-state index contributed by atoms with van der Waals surface area (Å²) in [5.74, 6) is 1.77. The molecule has 5 heteroatoms. The third-order valence-electron chi connectivity index (χ3n) is 11.8. The second kappa shape index (κ2) is 14.7. The summed E-state index contributed by atoms with van der Waals surface area (Å²) in [6, 6.07) is 76.5. The van der Waals surface area contributed by atoms with Crippen molar-refractivity contribution in [1.82, 2.24) is 19.5 Å². The molecule has 5 nitrogen and oxygen atoms in total. The predicted molar refractivity (Wildman–Crippen MR) is 254 cm³/mol. The van der Waals surface area contributed by atoms with Crippen molar-refractivity contribution < 1.29 is 4.42 Å². The summed E-state index contributed by atoms with van der Waals surface area (Å²) in [5.41, 5.74) is 14.4. The van der Waals surface area contributed by atoms with Gasteiger partial charge in [0.2, 0.25) is 0 Å². The second-order valence-electron chi connectivity index (χ2n) is 15.6. The minimum absolute atomic E-state index is 0.574. The van der Waals surface area contributed by atoms with Gasteiger partial charge in [-0.1, -0.05) is 164 Å². The second-order valence-corrected chi connectivity index (χ2v) is 15.6. The zero-order valence-corrected chi connectivity index (χ0v) is 33.5. The Balaban J connectivity index is 1.03. The van der Waals surface area contributed by atoms with Gasteiger partial charge in [0.25, 0.3) is 0 Å². The maximum Gasteiger partial charge on any atom is 0.164 e. The van der Waals surface area contributed by atoms with Gasteiger partial charge in [0.15, 0.2) is 17.5 Å². The van der Waals surface area contributed by atoms with Gasteiger partial charge in [0.1, 0.15) is 11.2 Å². The van der Waals surface area contributed by atoms with Crippen LogP contribution in [0.1, 0.15) is 0 Å². The van der Waals surface area contributed by atoms with Crippen LogP contribution in [0.25, 0.3) is 117 Å². The van der Waals surface area contributed by atoms with E-state index in [0.717, 1.165) is 94.1 Å². The van der Waals surface area contributed by atoms with E-state index in [4.69, 9.17) is 19.4 Å². The number of fused-ring (bicyclic) bond motifs is 6. The highest BCUT2D eigenvalue weighted by Gasteiger charge is 2.19. The lowest BCUT2D eigenvalue weighted by atomic mass is 9.98. The van der Waals surface area contributed by atoms with Crippen molar-refractivity contribution >= 4 is 43.7 Å². The summed E-state index contributed by atoms with van der Waals surface area (Å²) in [5, 5.41) is 4.45. The molecule has 0 aliphatic rings. The predicted octanol–water partition coefficient (Wildman–Crippen LogP) is 14.9. The van der Waals surface area contributed by atoms with Crippen molar-refractivity contribution in [2.45, 2.75) is 0 Å². The van der Waals surface area contributed by atoms with Crippen molar-refractivity contribution in [2.75, 3.05) is 0 Å². The first kappa shape index (κ1) is 35.5. The van der Waals surface area contributed by atoms with E-state index in [1.165, 1.54) is 5.39 Å². The zero-order chi connectivity index (χ0) is 41.0. The smallest absolute Gasteiger partial charge is 0.164 e. The van der Waals surface area contributed by atoms with Crippen molar-refractivity contribution in [3.05, 3.63) is 218 Å². The summed E-state index contributed by atoms with van der Waals surface area (Å²) >= 11 is 0. The first-order valence-electron chi connectivity index (χ1n) is 20.8. The van der Waals surface area contributed by atoms with Crippen LogP contribution in [-0.2, 0) is 0 Å². The van der Waals surface area contributed by atoms with Gasteiger partial charge >= 0.3 is 0 Å². The lowest BCUT2D eigenvalue weighted by Gasteiger charge is -2.14. The van der Waals surface area contributed by atoms with Crippen LogP contribution in [0.5, 0.6) is 0 Å². The standard InChI is InChI=1S/C57H36N4O/c1-5-15-37(16-6-1)41-25-29-49-50-30-27-43(36-54(50)62-53(49)35-41)57-59-55(40-21-11-4-12-22-40)58-56(60-57)42-26-28-48-47-23-13-14-24-51(47)61(52(48)34-42)46-32-44(38-17-7-2-8-18-38)31-45(33-46)39-19-9-3-10-20-39/h1-36H. The minimum atomic E-state index is 0.574. The molecule has 3 aromatic heterocycles. The van der Waals surface area contributed by atoms with Gasteiger partial charge in [-0.2, -0.15) is 0 Å². The molecule has 0 saturated carbocycles. The number of para-hydroxylation sites is 1. The highest BCUT2D eigenvalue weighted by molar-refractivity contribution is 6.10. The van der Waals surface area contributed by atoms with Crippen LogP contribution in [0, 0.1) is 0 Å². The van der Waals surface area contributed by atoms with Gasteiger partial charge in [0, 0.05) is 43.9 Å². The average molecular weight is 793 g/mol. The van der Waals surface area contributed by atoms with Crippen LogP contribution in [-0.4, -0.2) is 19.5 Å². The molecule has 0 saturated heterocycles. The molecular formula is C57H36N4O. The molecule has 0 spiro atoms. The summed E-state index contributed by atoms with van der Waals surface area (Å²) in [4.78, 5) is 15.4. The highest BCUT2D eigenvalue weighted by Crippen LogP contribution is 2.39. The third kappa shape index (κ3) is 6.23. The van der Waals surface area contributed by atoms with Gasteiger partial charge in [0.05, 0.1) is 11.0 Å². The topological polar surface area (TPSA) is 56.7 Å². The van der Waals surface area contributed by atoms with E-state index in [-0.39, 0.29) is 0 Å². The zero-order valence-electron chi connectivity index (χ0n) is 33.5. The van der Waals surface area contributed by atoms with Crippen LogP contribution in [0.4, 0.5) is 0 Å². The van der Waals surface area contributed by atoms with Crippen molar-refractivity contribution in [1.29, 1.82) is 0 Å². The van der Waals surface area contributed by atoms with Gasteiger partial charge in [-0.15, -0.1) is 0 Å². The Morgan fingerprint density at radius 2 is 0.694 bits per heavy atom. The lowest BCUT2D eigenvalue weighted by Crippen LogP contribution is -2.00. The Kier molecular flexibility index (Phi) is 8.42. The van der Waals surface area contributed by atoms with E-state index in [1.54, 1.807) is 0 Å². The van der Waals surface area contributed by atoms with Gasteiger partial charge in [-0.3, -0.25) is 0 Å². The van der Waals surface area contributed by atoms with E-state index in [1.807, 2.05) is 36.4 Å². The number of rotatable bonds is 7. The van der Waals surface area contributed by atoms with Crippen LogP contribution in [0.3, 0.4) is 0 Å². The van der Waals surface area contributed by atoms with Crippen molar-refractivity contribution in [2.24, 2.45) is 0 Å². The Bertz CT molecular complexity index is 3560. The molecule has 0 radical (unpaired) electrons. The van der Waals surface area contributed by atoms with E-state index >= 15 is 0 Å². The first-order chi connectivity index (χ1) is 30.7. The number of benzene rings is 9. The molecule has 12 rings (SSSR count). The molecule has 0 bridgehead atoms. The minimum Gasteiger partial charge on any atom is -0.456 e. The molecule has 12 aromatic rings. The Morgan fingerprint density at radius 1 is 0.274 bits per heavy atom. The number of aromatic nitrogens is 4. The molecule has 0 atom stereocenters. The van der Waals surface area contributed by atoms with Crippen LogP contribution in [0.15, 0.2) is 223 Å². The molecule has 62 heavy (non-hydrogen) atoms. The fourth-order valence-corrected chi connectivity index (χ4v) is 8.80. The van der Waals surface area contributed by atoms with Crippen molar-refractivity contribution in [3.63, 3.8) is 0 Å². The third-order valence-corrected chi connectivity index (χ3v) is 11.8. The Morgan fingerprint density at radius 3 is 1.27 bits per heavy atom. The summed E-state index contributed by atoms with van der Waals surface area (Å²) in [6.45, 7) is 0. The molecule has 9 aromatic carbocycles. The molecule has 0 aliphatic heterocycles. The molecule has 3 heterocycles. The maximum absolute atomic E-state index is 6.54. The van der Waals surface area contributed by atoms with E-state index in [9.17, 15) is 0 Å². The first-order valence-corrected chi connectivity index (χ1v) is 20.8. The normalized spacial score (nSPS) is 11.5. The Hall–Kier alpha value is -8.41. The van der Waals surface area contributed by atoms with Crippen LogP contribution >= 0.6 is 0 Å². The Labute approximate surface area is 357 Å². The van der Waals surface area contributed by atoms with Crippen LogP contribution in [0.2, 0.25) is 0 Å². The van der Waals surface area contributed by atoms with Gasteiger partial charge in [-0.25, -0.2) is 15.0 Å². The van der Waals surface area contributed by atoms with E-state index in [2.05, 4.69) is 187 Å². The fraction of sp³-hybridized carbons (Fsp3) is 0. The molecular weight excluding hydrogens is 757 g/mol. The lowest BCUT2D eigenvalue weighted by molar-refractivity contribution is 0.669.